The molecule has 1 aromatic carbocycles. The molecule has 18 heteroatoms. The molecule has 4 heterocycles. The van der Waals surface area contributed by atoms with Crippen LogP contribution < -0.4 is 14.8 Å². The first kappa shape index (κ1) is 43.4. The van der Waals surface area contributed by atoms with Crippen LogP contribution in [0.3, 0.4) is 0 Å². The minimum absolute atomic E-state index is 0.0723. The zero-order valence-corrected chi connectivity index (χ0v) is 35.9. The number of halogens is 1. The molecule has 0 spiro atoms. The fraction of sp³-hybridized carbons (Fsp3) is 0.595. The fourth-order valence-electron chi connectivity index (χ4n) is 8.46. The third kappa shape index (κ3) is 9.59. The lowest BCUT2D eigenvalue weighted by Crippen LogP contribution is -2.58. The summed E-state index contributed by atoms with van der Waals surface area (Å²) in [4.78, 5) is 89.2. The lowest BCUT2D eigenvalue weighted by atomic mass is 9.92. The van der Waals surface area contributed by atoms with Crippen molar-refractivity contribution in [2.75, 3.05) is 26.2 Å². The van der Waals surface area contributed by atoms with Gasteiger partial charge in [0.15, 0.2) is 16.6 Å². The second-order valence-corrected chi connectivity index (χ2v) is 20.8. The van der Waals surface area contributed by atoms with Crippen molar-refractivity contribution >= 4 is 56.9 Å². The number of aromatic nitrogens is 1. The maximum Gasteiger partial charge on any atom is 0.308 e. The summed E-state index contributed by atoms with van der Waals surface area (Å²) in [6, 6.07) is 2.85. The maximum absolute atomic E-state index is 14.7. The number of carbonyl (C=O) groups is 6. The molecule has 7 rings (SSSR count). The van der Waals surface area contributed by atoms with Crippen molar-refractivity contribution in [3.63, 3.8) is 0 Å². The molecule has 4 amide bonds. The predicted octanol–water partition coefficient (Wildman–Crippen LogP) is 4.37. The van der Waals surface area contributed by atoms with Crippen LogP contribution in [-0.2, 0) is 38.7 Å². The van der Waals surface area contributed by atoms with E-state index >= 15 is 0 Å². The molecule has 0 unspecified atom stereocenters. The lowest BCUT2D eigenvalue weighted by Gasteiger charge is -2.32. The van der Waals surface area contributed by atoms with Gasteiger partial charge in [0, 0.05) is 61.2 Å². The highest BCUT2D eigenvalue weighted by atomic mass is 32.2. The summed E-state index contributed by atoms with van der Waals surface area (Å²) >= 11 is 1.07. The molecule has 2 N–H and O–H groups in total. The number of fused-ring (bicyclic) bond motifs is 4. The molecule has 2 saturated carbocycles. The molecule has 2 saturated heterocycles. The largest absolute Gasteiger partial charge is 0.465 e. The first-order chi connectivity index (χ1) is 28.3. The summed E-state index contributed by atoms with van der Waals surface area (Å²) in [5.74, 6) is -6.61. The van der Waals surface area contributed by atoms with Gasteiger partial charge in [-0.15, -0.1) is 11.3 Å². The molecule has 2 aliphatic carbocycles. The zero-order chi connectivity index (χ0) is 43.1. The summed E-state index contributed by atoms with van der Waals surface area (Å²) in [5.41, 5.74) is -1.14. The second kappa shape index (κ2) is 17.0. The van der Waals surface area contributed by atoms with E-state index in [1.807, 2.05) is 32.9 Å². The Kier molecular flexibility index (Phi) is 12.3. The van der Waals surface area contributed by atoms with Crippen molar-refractivity contribution in [2.45, 2.75) is 102 Å². The SMILES string of the molecule is CC(=O)Oc1ccc(-c2csc(C(=O)N3C[C@H]4CN5C(=O)[C@@H](CC(=O)OCC(C)(C)C)CCCCC/C=C\[C@@H]6C[C@@]6(C(=O)NS(=O)(=O)C6CC6)NC(=O)[C@@H]5[C@H]4C3)n2)cc1F. The number of nitrogens with zero attached hydrogens (tertiary/aromatic N) is 3. The number of carbonyl (C=O) groups excluding carboxylic acids is 6. The van der Waals surface area contributed by atoms with Crippen LogP contribution in [0.2, 0.25) is 0 Å². The monoisotopic (exact) mass is 869 g/mol. The Hall–Kier alpha value is -4.71. The highest BCUT2D eigenvalue weighted by Crippen LogP contribution is 2.47. The van der Waals surface area contributed by atoms with Gasteiger partial charge >= 0.3 is 11.9 Å². The van der Waals surface area contributed by atoms with E-state index in [4.69, 9.17) is 9.47 Å². The molecule has 5 aliphatic rings. The first-order valence-electron chi connectivity index (χ1n) is 20.6. The van der Waals surface area contributed by atoms with Crippen LogP contribution in [0.15, 0.2) is 35.7 Å². The van der Waals surface area contributed by atoms with Crippen molar-refractivity contribution in [2.24, 2.45) is 29.1 Å². The molecular formula is C42H52FN5O10S2. The van der Waals surface area contributed by atoms with E-state index in [0.717, 1.165) is 37.2 Å². The van der Waals surface area contributed by atoms with E-state index in [-0.39, 0.29) is 67.1 Å². The summed E-state index contributed by atoms with van der Waals surface area (Å²) in [6.45, 7) is 7.50. The fourth-order valence-corrected chi connectivity index (χ4v) is 10.6. The van der Waals surface area contributed by atoms with Crippen LogP contribution in [0.1, 0.15) is 95.3 Å². The summed E-state index contributed by atoms with van der Waals surface area (Å²) in [7, 11) is -3.94. The van der Waals surface area contributed by atoms with Crippen LogP contribution in [0, 0.1) is 34.9 Å². The van der Waals surface area contributed by atoms with Gasteiger partial charge in [-0.3, -0.25) is 33.5 Å². The number of likely N-dealkylation sites (tertiary alicyclic amines) is 1. The number of amides is 4. The Morgan fingerprint density at radius 2 is 1.83 bits per heavy atom. The maximum atomic E-state index is 14.7. The quantitative estimate of drug-likeness (QED) is 0.206. The van der Waals surface area contributed by atoms with E-state index < -0.39 is 80.1 Å². The molecule has 60 heavy (non-hydrogen) atoms. The topological polar surface area (TPSA) is 198 Å². The first-order valence-corrected chi connectivity index (χ1v) is 23.0. The van der Waals surface area contributed by atoms with Crippen molar-refractivity contribution in [1.29, 1.82) is 0 Å². The predicted molar refractivity (Wildman–Crippen MR) is 217 cm³/mol. The van der Waals surface area contributed by atoms with Crippen molar-refractivity contribution < 1.29 is 51.0 Å². The van der Waals surface area contributed by atoms with Gasteiger partial charge in [-0.1, -0.05) is 45.8 Å². The highest BCUT2D eigenvalue weighted by Gasteiger charge is 2.63. The minimum Gasteiger partial charge on any atom is -0.465 e. The molecule has 6 atom stereocenters. The Labute approximate surface area is 352 Å². The van der Waals surface area contributed by atoms with Gasteiger partial charge in [0.25, 0.3) is 11.8 Å². The van der Waals surface area contributed by atoms with Gasteiger partial charge in [-0.2, -0.15) is 0 Å². The van der Waals surface area contributed by atoms with E-state index in [0.29, 0.717) is 43.4 Å². The normalized spacial score (nSPS) is 27.6. The molecular weight excluding hydrogens is 818 g/mol. The third-order valence-electron chi connectivity index (χ3n) is 11.9. The van der Waals surface area contributed by atoms with Crippen molar-refractivity contribution in [3.05, 3.63) is 46.6 Å². The number of sulfonamides is 1. The molecule has 4 fully saturated rings. The average molecular weight is 870 g/mol. The Balaban J connectivity index is 1.15. The van der Waals surface area contributed by atoms with E-state index in [1.165, 1.54) is 17.0 Å². The molecule has 324 valence electrons. The molecule has 15 nitrogen and oxygen atoms in total. The van der Waals surface area contributed by atoms with Crippen LogP contribution in [-0.4, -0.2) is 102 Å². The number of rotatable bonds is 9. The molecule has 1 aromatic heterocycles. The number of ether oxygens (including phenoxy) is 2. The third-order valence-corrected chi connectivity index (χ3v) is 14.5. The Bertz CT molecular complexity index is 2200. The molecule has 0 radical (unpaired) electrons. The Morgan fingerprint density at radius 3 is 2.53 bits per heavy atom. The van der Waals surface area contributed by atoms with Gasteiger partial charge in [0.2, 0.25) is 21.8 Å². The number of allylic oxidation sites excluding steroid dienone is 1. The molecule has 3 aliphatic heterocycles. The average Bonchev–Trinajstić information content (AvgIpc) is 4.00. The summed E-state index contributed by atoms with van der Waals surface area (Å²) < 4.78 is 53.2. The van der Waals surface area contributed by atoms with Crippen LogP contribution in [0.25, 0.3) is 11.3 Å². The lowest BCUT2D eigenvalue weighted by molar-refractivity contribution is -0.152. The van der Waals surface area contributed by atoms with E-state index in [9.17, 15) is 41.6 Å². The van der Waals surface area contributed by atoms with Gasteiger partial charge in [0.1, 0.15) is 11.6 Å². The highest BCUT2D eigenvalue weighted by molar-refractivity contribution is 7.91. The second-order valence-electron chi connectivity index (χ2n) is 18.0. The smallest absolute Gasteiger partial charge is 0.308 e. The van der Waals surface area contributed by atoms with E-state index in [1.54, 1.807) is 10.3 Å². The number of esters is 2. The van der Waals surface area contributed by atoms with Crippen molar-refractivity contribution in [3.8, 4) is 17.0 Å². The molecule has 0 bridgehead atoms. The van der Waals surface area contributed by atoms with Crippen LogP contribution >= 0.6 is 11.3 Å². The molecule has 2 aromatic rings. The van der Waals surface area contributed by atoms with Gasteiger partial charge in [-0.25, -0.2) is 17.8 Å². The zero-order valence-electron chi connectivity index (χ0n) is 34.2. The number of thiazole rings is 1. The summed E-state index contributed by atoms with van der Waals surface area (Å²) in [6.07, 6.45) is 7.97. The Morgan fingerprint density at radius 1 is 1.07 bits per heavy atom. The summed E-state index contributed by atoms with van der Waals surface area (Å²) in [5, 5.41) is 3.98. The number of hydrogen-bond donors (Lipinski definition) is 2. The van der Waals surface area contributed by atoms with Gasteiger partial charge < -0.3 is 24.6 Å². The van der Waals surface area contributed by atoms with Gasteiger partial charge in [-0.05, 0) is 62.1 Å². The van der Waals surface area contributed by atoms with E-state index in [2.05, 4.69) is 15.0 Å². The number of nitrogens with one attached hydrogen (secondary N) is 2. The van der Waals surface area contributed by atoms with Crippen LogP contribution in [0.5, 0.6) is 5.75 Å². The number of hydrogen-bond acceptors (Lipinski definition) is 12. The number of benzene rings is 1. The van der Waals surface area contributed by atoms with Gasteiger partial charge in [0.05, 0.1) is 24.0 Å². The minimum atomic E-state index is -3.94. The van der Waals surface area contributed by atoms with Crippen molar-refractivity contribution in [1.82, 2.24) is 24.8 Å². The standard InChI is InChI=1S/C42H52FN5O10S2/c1-24(49)58-33-15-12-25(16-31(33)43)32-22-59-37(44-32)39(53)47-19-27-20-48-35(30(27)21-47)36(51)45-42(40(54)46-60(55,56)29-13-14-29)18-28(42)11-9-7-5-6-8-10-26(38(48)52)17-34(50)57-23-41(2,3)4/h9,11-12,15-16,22,26-30,35H,5-8,10,13-14,17-21,23H2,1-4H3,(H,45,51)(H,46,54)/b11-9-/t26-,27+,28-,30+,35+,42-/m1/s1. The van der Waals surface area contributed by atoms with Crippen LogP contribution in [0.4, 0.5) is 4.39 Å².